The van der Waals surface area contributed by atoms with Crippen molar-refractivity contribution in [1.29, 1.82) is 0 Å². The number of nitrogens with zero attached hydrogens (tertiary/aromatic N) is 3. The predicted octanol–water partition coefficient (Wildman–Crippen LogP) is -1.06. The van der Waals surface area contributed by atoms with E-state index in [0.29, 0.717) is 18.9 Å². The van der Waals surface area contributed by atoms with E-state index >= 15 is 0 Å². The lowest BCUT2D eigenvalue weighted by atomic mass is 10.2. The van der Waals surface area contributed by atoms with Gasteiger partial charge in [0.05, 0.1) is 25.5 Å². The number of carbonyl (C=O) groups excluding carboxylic acids is 1. The van der Waals surface area contributed by atoms with Crippen molar-refractivity contribution in [2.75, 3.05) is 13.2 Å². The molecule has 0 atom stereocenters. The second kappa shape index (κ2) is 3.14. The van der Waals surface area contributed by atoms with Gasteiger partial charge in [-0.05, 0) is 0 Å². The van der Waals surface area contributed by atoms with Gasteiger partial charge in [-0.25, -0.2) is 0 Å². The van der Waals surface area contributed by atoms with Gasteiger partial charge in [0.15, 0.2) is 5.69 Å². The molecular formula is C7H10N4O2. The van der Waals surface area contributed by atoms with Crippen molar-refractivity contribution in [1.82, 2.24) is 20.3 Å². The Balaban J connectivity index is 1.96. The Bertz CT molecular complexity index is 318. The van der Waals surface area contributed by atoms with Crippen molar-refractivity contribution in [2.24, 2.45) is 7.05 Å². The zero-order chi connectivity index (χ0) is 9.26. The number of carbonyl (C=O) groups is 1. The SMILES string of the molecule is Cn1cc(C(=O)NC2COC2)nn1. The summed E-state index contributed by atoms with van der Waals surface area (Å²) in [4.78, 5) is 11.4. The molecule has 0 aliphatic carbocycles. The largest absolute Gasteiger partial charge is 0.377 e. The molecule has 1 fully saturated rings. The summed E-state index contributed by atoms with van der Waals surface area (Å²) in [6, 6.07) is 0.134. The van der Waals surface area contributed by atoms with Crippen molar-refractivity contribution in [3.05, 3.63) is 11.9 Å². The first-order chi connectivity index (χ1) is 6.25. The molecule has 2 rings (SSSR count). The van der Waals surface area contributed by atoms with Crippen molar-refractivity contribution in [2.45, 2.75) is 6.04 Å². The number of rotatable bonds is 2. The Morgan fingerprint density at radius 3 is 3.00 bits per heavy atom. The number of aryl methyl sites for hydroxylation is 1. The highest BCUT2D eigenvalue weighted by molar-refractivity contribution is 5.92. The van der Waals surface area contributed by atoms with Gasteiger partial charge in [-0.3, -0.25) is 9.48 Å². The molecule has 1 N–H and O–H groups in total. The number of nitrogens with one attached hydrogen (secondary N) is 1. The highest BCUT2D eigenvalue weighted by Gasteiger charge is 2.22. The summed E-state index contributed by atoms with van der Waals surface area (Å²) in [6.07, 6.45) is 1.58. The van der Waals surface area contributed by atoms with Crippen molar-refractivity contribution >= 4 is 5.91 Å². The molecule has 6 heteroatoms. The molecule has 6 nitrogen and oxygen atoms in total. The number of ether oxygens (including phenoxy) is 1. The van der Waals surface area contributed by atoms with Gasteiger partial charge in [0.2, 0.25) is 0 Å². The van der Waals surface area contributed by atoms with Gasteiger partial charge < -0.3 is 10.1 Å². The Hall–Kier alpha value is -1.43. The van der Waals surface area contributed by atoms with Crippen LogP contribution >= 0.6 is 0 Å². The van der Waals surface area contributed by atoms with Crippen LogP contribution in [0.2, 0.25) is 0 Å². The molecule has 1 aromatic heterocycles. The Kier molecular flexibility index (Phi) is 1.97. The molecular weight excluding hydrogens is 172 g/mol. The highest BCUT2D eigenvalue weighted by atomic mass is 16.5. The normalized spacial score (nSPS) is 16.7. The van der Waals surface area contributed by atoms with E-state index in [4.69, 9.17) is 4.74 Å². The molecule has 0 unspecified atom stereocenters. The molecule has 13 heavy (non-hydrogen) atoms. The first kappa shape index (κ1) is 8.18. The average molecular weight is 182 g/mol. The van der Waals surface area contributed by atoms with Gasteiger partial charge in [-0.15, -0.1) is 5.10 Å². The van der Waals surface area contributed by atoms with Crippen LogP contribution in [0.25, 0.3) is 0 Å². The smallest absolute Gasteiger partial charge is 0.273 e. The summed E-state index contributed by atoms with van der Waals surface area (Å²) in [5, 5.41) is 10.1. The molecule has 1 aliphatic rings. The van der Waals surface area contributed by atoms with Crippen LogP contribution in [0.15, 0.2) is 6.20 Å². The summed E-state index contributed by atoms with van der Waals surface area (Å²) in [5.41, 5.74) is 0.342. The summed E-state index contributed by atoms with van der Waals surface area (Å²) in [5.74, 6) is -0.193. The van der Waals surface area contributed by atoms with E-state index in [1.54, 1.807) is 13.2 Å². The minimum Gasteiger partial charge on any atom is -0.377 e. The molecule has 1 amide bonds. The Morgan fingerprint density at radius 2 is 2.54 bits per heavy atom. The first-order valence-corrected chi connectivity index (χ1v) is 4.00. The zero-order valence-corrected chi connectivity index (χ0v) is 7.23. The maximum Gasteiger partial charge on any atom is 0.273 e. The standard InChI is InChI=1S/C7H10N4O2/c1-11-2-6(9-10-11)7(12)8-5-3-13-4-5/h2,5H,3-4H2,1H3,(H,8,12). The number of aromatic nitrogens is 3. The number of hydrogen-bond donors (Lipinski definition) is 1. The average Bonchev–Trinajstić information content (AvgIpc) is 2.44. The molecule has 0 saturated carbocycles. The van der Waals surface area contributed by atoms with Crippen LogP contribution in [0.1, 0.15) is 10.5 Å². The van der Waals surface area contributed by atoms with Crippen molar-refractivity contribution in [3.63, 3.8) is 0 Å². The first-order valence-electron chi connectivity index (χ1n) is 4.00. The van der Waals surface area contributed by atoms with Gasteiger partial charge in [-0.1, -0.05) is 5.21 Å². The second-order valence-corrected chi connectivity index (χ2v) is 2.99. The Morgan fingerprint density at radius 1 is 1.77 bits per heavy atom. The molecule has 1 saturated heterocycles. The molecule has 1 aromatic rings. The van der Waals surface area contributed by atoms with Crippen LogP contribution in [-0.2, 0) is 11.8 Å². The fourth-order valence-corrected chi connectivity index (χ4v) is 1.03. The lowest BCUT2D eigenvalue weighted by molar-refractivity contribution is -0.00355. The van der Waals surface area contributed by atoms with E-state index in [1.165, 1.54) is 4.68 Å². The molecule has 70 valence electrons. The van der Waals surface area contributed by atoms with Gasteiger partial charge >= 0.3 is 0 Å². The van der Waals surface area contributed by atoms with Crippen LogP contribution in [0, 0.1) is 0 Å². The highest BCUT2D eigenvalue weighted by Crippen LogP contribution is 2.01. The second-order valence-electron chi connectivity index (χ2n) is 2.99. The van der Waals surface area contributed by atoms with Crippen molar-refractivity contribution in [3.8, 4) is 0 Å². The van der Waals surface area contributed by atoms with Crippen LogP contribution in [-0.4, -0.2) is 40.2 Å². The quantitative estimate of drug-likeness (QED) is 0.633. The van der Waals surface area contributed by atoms with E-state index in [1.807, 2.05) is 0 Å². The predicted molar refractivity (Wildman–Crippen MR) is 43.1 cm³/mol. The minimum absolute atomic E-state index is 0.134. The molecule has 0 aromatic carbocycles. The lowest BCUT2D eigenvalue weighted by Crippen LogP contribution is -2.48. The molecule has 0 spiro atoms. The molecule has 0 bridgehead atoms. The summed E-state index contributed by atoms with van der Waals surface area (Å²) in [7, 11) is 1.72. The fraction of sp³-hybridized carbons (Fsp3) is 0.571. The lowest BCUT2D eigenvalue weighted by Gasteiger charge is -2.26. The van der Waals surface area contributed by atoms with E-state index in [-0.39, 0.29) is 11.9 Å². The number of hydrogen-bond acceptors (Lipinski definition) is 4. The van der Waals surface area contributed by atoms with Crippen molar-refractivity contribution < 1.29 is 9.53 Å². The van der Waals surface area contributed by atoms with Gasteiger partial charge in [0.25, 0.3) is 5.91 Å². The topological polar surface area (TPSA) is 69.0 Å². The number of amides is 1. The van der Waals surface area contributed by atoms with Crippen LogP contribution in [0.3, 0.4) is 0 Å². The maximum atomic E-state index is 11.4. The zero-order valence-electron chi connectivity index (χ0n) is 7.23. The summed E-state index contributed by atoms with van der Waals surface area (Å²) >= 11 is 0. The van der Waals surface area contributed by atoms with Gasteiger partial charge in [0, 0.05) is 7.05 Å². The monoisotopic (exact) mass is 182 g/mol. The van der Waals surface area contributed by atoms with E-state index in [9.17, 15) is 4.79 Å². The van der Waals surface area contributed by atoms with Crippen LogP contribution < -0.4 is 5.32 Å². The molecule has 0 radical (unpaired) electrons. The van der Waals surface area contributed by atoms with Gasteiger partial charge in [-0.2, -0.15) is 0 Å². The van der Waals surface area contributed by atoms with Gasteiger partial charge in [0.1, 0.15) is 0 Å². The third kappa shape index (κ3) is 1.67. The third-order valence-electron chi connectivity index (χ3n) is 1.81. The fourth-order valence-electron chi connectivity index (χ4n) is 1.03. The van der Waals surface area contributed by atoms with E-state index < -0.39 is 0 Å². The summed E-state index contributed by atoms with van der Waals surface area (Å²) in [6.45, 7) is 1.18. The molecule has 1 aliphatic heterocycles. The molecule has 2 heterocycles. The summed E-state index contributed by atoms with van der Waals surface area (Å²) < 4.78 is 6.41. The van der Waals surface area contributed by atoms with Crippen LogP contribution in [0.4, 0.5) is 0 Å². The van der Waals surface area contributed by atoms with E-state index in [2.05, 4.69) is 15.6 Å². The maximum absolute atomic E-state index is 11.4. The van der Waals surface area contributed by atoms with E-state index in [0.717, 1.165) is 0 Å². The van der Waals surface area contributed by atoms with Crippen LogP contribution in [0.5, 0.6) is 0 Å². The third-order valence-corrected chi connectivity index (χ3v) is 1.81. The Labute approximate surface area is 74.9 Å². The minimum atomic E-state index is -0.193.